The van der Waals surface area contributed by atoms with Crippen LogP contribution >= 0.6 is 0 Å². The van der Waals surface area contributed by atoms with Crippen LogP contribution in [0.2, 0.25) is 0 Å². The number of hydrogen-bond donors (Lipinski definition) is 2. The summed E-state index contributed by atoms with van der Waals surface area (Å²) in [5.74, 6) is 0.737. The molecule has 4 nitrogen and oxygen atoms in total. The molecule has 1 saturated heterocycles. The number of nitrogens with zero attached hydrogens (tertiary/aromatic N) is 1. The third kappa shape index (κ3) is 3.10. The standard InChI is InChI=1S/C17H23N3O/c1-3-21-17-14-5-4-6-16(15(14)11-12(2)19-17)20-13-7-9-18-10-8-13/h4-6,11,13,18,20H,3,7-10H2,1-2H3. The number of aromatic nitrogens is 1. The Morgan fingerprint density at radius 3 is 2.86 bits per heavy atom. The SMILES string of the molecule is CCOc1nc(C)cc2c(NC3CCNCC3)cccc12. The smallest absolute Gasteiger partial charge is 0.221 e. The first-order valence-electron chi connectivity index (χ1n) is 7.78. The Labute approximate surface area is 125 Å². The molecule has 2 N–H and O–H groups in total. The molecule has 0 atom stereocenters. The first-order valence-corrected chi connectivity index (χ1v) is 7.78. The van der Waals surface area contributed by atoms with E-state index in [-0.39, 0.29) is 0 Å². The maximum Gasteiger partial charge on any atom is 0.221 e. The monoisotopic (exact) mass is 285 g/mol. The number of benzene rings is 1. The Morgan fingerprint density at radius 1 is 1.29 bits per heavy atom. The Bertz CT molecular complexity index is 621. The summed E-state index contributed by atoms with van der Waals surface area (Å²) in [6.45, 7) is 6.83. The van der Waals surface area contributed by atoms with Crippen LogP contribution in [0, 0.1) is 6.92 Å². The van der Waals surface area contributed by atoms with Crippen LogP contribution in [-0.4, -0.2) is 30.7 Å². The maximum absolute atomic E-state index is 5.70. The number of piperidine rings is 1. The van der Waals surface area contributed by atoms with E-state index < -0.39 is 0 Å². The zero-order valence-electron chi connectivity index (χ0n) is 12.8. The molecule has 0 amide bonds. The molecular formula is C17H23N3O. The lowest BCUT2D eigenvalue weighted by atomic mass is 10.0. The minimum absolute atomic E-state index is 0.542. The summed E-state index contributed by atoms with van der Waals surface area (Å²) in [4.78, 5) is 4.52. The van der Waals surface area contributed by atoms with Crippen molar-refractivity contribution >= 4 is 16.5 Å². The van der Waals surface area contributed by atoms with Crippen molar-refractivity contribution < 1.29 is 4.74 Å². The first kappa shape index (κ1) is 14.1. The van der Waals surface area contributed by atoms with E-state index in [2.05, 4.69) is 39.9 Å². The highest BCUT2D eigenvalue weighted by Crippen LogP contribution is 2.31. The number of rotatable bonds is 4. The normalized spacial score (nSPS) is 16.1. The summed E-state index contributed by atoms with van der Waals surface area (Å²) < 4.78 is 5.70. The number of hydrogen-bond acceptors (Lipinski definition) is 4. The highest BCUT2D eigenvalue weighted by molar-refractivity contribution is 5.97. The van der Waals surface area contributed by atoms with E-state index in [1.807, 2.05) is 13.8 Å². The molecule has 3 rings (SSSR count). The van der Waals surface area contributed by atoms with Crippen molar-refractivity contribution in [2.24, 2.45) is 0 Å². The minimum atomic E-state index is 0.542. The van der Waals surface area contributed by atoms with E-state index in [9.17, 15) is 0 Å². The fourth-order valence-electron chi connectivity index (χ4n) is 2.93. The number of fused-ring (bicyclic) bond motifs is 1. The number of nitrogens with one attached hydrogen (secondary N) is 2. The van der Waals surface area contributed by atoms with E-state index in [1.54, 1.807) is 0 Å². The van der Waals surface area contributed by atoms with E-state index >= 15 is 0 Å². The van der Waals surface area contributed by atoms with E-state index in [0.29, 0.717) is 12.6 Å². The second kappa shape index (κ2) is 6.31. The van der Waals surface area contributed by atoms with Crippen molar-refractivity contribution in [2.75, 3.05) is 25.0 Å². The molecule has 0 saturated carbocycles. The van der Waals surface area contributed by atoms with Gasteiger partial charge in [0, 0.05) is 28.2 Å². The predicted molar refractivity (Wildman–Crippen MR) is 87.2 cm³/mol. The van der Waals surface area contributed by atoms with Gasteiger partial charge in [-0.25, -0.2) is 4.98 Å². The van der Waals surface area contributed by atoms with Crippen LogP contribution in [0.15, 0.2) is 24.3 Å². The molecule has 1 aromatic carbocycles. The van der Waals surface area contributed by atoms with E-state index in [4.69, 9.17) is 4.74 Å². The lowest BCUT2D eigenvalue weighted by Gasteiger charge is -2.25. The van der Waals surface area contributed by atoms with Gasteiger partial charge in [-0.2, -0.15) is 0 Å². The fourth-order valence-corrected chi connectivity index (χ4v) is 2.93. The second-order valence-electron chi connectivity index (χ2n) is 5.57. The summed E-state index contributed by atoms with van der Waals surface area (Å²) in [6.07, 6.45) is 2.33. The molecule has 0 spiro atoms. The van der Waals surface area contributed by atoms with Gasteiger partial charge in [0.1, 0.15) is 0 Å². The number of ether oxygens (including phenoxy) is 1. The maximum atomic E-state index is 5.70. The van der Waals surface area contributed by atoms with E-state index in [1.165, 1.54) is 23.9 Å². The van der Waals surface area contributed by atoms with Crippen LogP contribution in [0.25, 0.3) is 10.8 Å². The molecule has 2 aromatic rings. The van der Waals surface area contributed by atoms with Crippen LogP contribution < -0.4 is 15.4 Å². The van der Waals surface area contributed by atoms with Crippen LogP contribution in [0.3, 0.4) is 0 Å². The number of aryl methyl sites for hydroxylation is 1. The molecular weight excluding hydrogens is 262 g/mol. The lowest BCUT2D eigenvalue weighted by Crippen LogP contribution is -2.35. The highest BCUT2D eigenvalue weighted by Gasteiger charge is 2.15. The van der Waals surface area contributed by atoms with Gasteiger partial charge in [-0.05, 0) is 58.0 Å². The largest absolute Gasteiger partial charge is 0.478 e. The van der Waals surface area contributed by atoms with Crippen molar-refractivity contribution in [3.05, 3.63) is 30.0 Å². The minimum Gasteiger partial charge on any atom is -0.478 e. The average Bonchev–Trinajstić information content (AvgIpc) is 2.49. The molecule has 1 fully saturated rings. The van der Waals surface area contributed by atoms with Crippen LogP contribution in [-0.2, 0) is 0 Å². The molecule has 0 aliphatic carbocycles. The Balaban J connectivity index is 1.98. The van der Waals surface area contributed by atoms with Gasteiger partial charge in [0.2, 0.25) is 5.88 Å². The Hall–Kier alpha value is -1.81. The third-order valence-corrected chi connectivity index (χ3v) is 3.95. The van der Waals surface area contributed by atoms with Crippen LogP contribution in [0.5, 0.6) is 5.88 Å². The Morgan fingerprint density at radius 2 is 2.10 bits per heavy atom. The van der Waals surface area contributed by atoms with Crippen LogP contribution in [0.1, 0.15) is 25.5 Å². The molecule has 21 heavy (non-hydrogen) atoms. The molecule has 1 aliphatic heterocycles. The summed E-state index contributed by atoms with van der Waals surface area (Å²) in [5.41, 5.74) is 2.18. The number of anilines is 1. The molecule has 1 aromatic heterocycles. The molecule has 0 bridgehead atoms. The van der Waals surface area contributed by atoms with Gasteiger partial charge < -0.3 is 15.4 Å². The fraction of sp³-hybridized carbons (Fsp3) is 0.471. The summed E-state index contributed by atoms with van der Waals surface area (Å²) >= 11 is 0. The molecule has 0 radical (unpaired) electrons. The molecule has 112 valence electrons. The lowest BCUT2D eigenvalue weighted by molar-refractivity contribution is 0.331. The van der Waals surface area contributed by atoms with Gasteiger partial charge in [0.05, 0.1) is 6.61 Å². The van der Waals surface area contributed by atoms with Gasteiger partial charge in [-0.15, -0.1) is 0 Å². The van der Waals surface area contributed by atoms with Crippen molar-refractivity contribution in [1.29, 1.82) is 0 Å². The van der Waals surface area contributed by atoms with Crippen molar-refractivity contribution in [1.82, 2.24) is 10.3 Å². The number of pyridine rings is 1. The van der Waals surface area contributed by atoms with Crippen LogP contribution in [0.4, 0.5) is 5.69 Å². The summed E-state index contributed by atoms with van der Waals surface area (Å²) in [7, 11) is 0. The van der Waals surface area contributed by atoms with Gasteiger partial charge >= 0.3 is 0 Å². The predicted octanol–water partition coefficient (Wildman–Crippen LogP) is 3.11. The second-order valence-corrected chi connectivity index (χ2v) is 5.57. The van der Waals surface area contributed by atoms with E-state index in [0.717, 1.165) is 30.0 Å². The molecule has 1 aliphatic rings. The van der Waals surface area contributed by atoms with Gasteiger partial charge in [-0.3, -0.25) is 0 Å². The molecule has 2 heterocycles. The quantitative estimate of drug-likeness (QED) is 0.906. The third-order valence-electron chi connectivity index (χ3n) is 3.95. The summed E-state index contributed by atoms with van der Waals surface area (Å²) in [5, 5.41) is 9.39. The highest BCUT2D eigenvalue weighted by atomic mass is 16.5. The molecule has 0 unspecified atom stereocenters. The van der Waals surface area contributed by atoms with Gasteiger partial charge in [0.15, 0.2) is 0 Å². The average molecular weight is 285 g/mol. The van der Waals surface area contributed by atoms with Crippen molar-refractivity contribution in [3.63, 3.8) is 0 Å². The van der Waals surface area contributed by atoms with Crippen molar-refractivity contribution in [3.8, 4) is 5.88 Å². The topological polar surface area (TPSA) is 46.2 Å². The zero-order chi connectivity index (χ0) is 14.7. The van der Waals surface area contributed by atoms with Crippen molar-refractivity contribution in [2.45, 2.75) is 32.7 Å². The van der Waals surface area contributed by atoms with Gasteiger partial charge in [0.25, 0.3) is 0 Å². The first-order chi connectivity index (χ1) is 10.3. The summed E-state index contributed by atoms with van der Waals surface area (Å²) in [6, 6.07) is 8.99. The van der Waals surface area contributed by atoms with Gasteiger partial charge in [-0.1, -0.05) is 6.07 Å². The Kier molecular flexibility index (Phi) is 4.25. The zero-order valence-corrected chi connectivity index (χ0v) is 12.8. The molecule has 4 heteroatoms.